The van der Waals surface area contributed by atoms with Gasteiger partial charge < -0.3 is 19.7 Å². The molecule has 1 aliphatic heterocycles. The van der Waals surface area contributed by atoms with Gasteiger partial charge in [-0.25, -0.2) is 0 Å². The molecule has 1 saturated carbocycles. The molecule has 320 valence electrons. The number of nitrogens with zero attached hydrogens (tertiary/aromatic N) is 1. The highest BCUT2D eigenvalue weighted by Gasteiger charge is 2.59. The number of likely N-dealkylation sites (tertiary alicyclic amines) is 1. The van der Waals surface area contributed by atoms with E-state index in [1.807, 2.05) is 78.9 Å². The van der Waals surface area contributed by atoms with Crippen molar-refractivity contribution in [1.82, 2.24) is 4.90 Å². The highest BCUT2D eigenvalue weighted by molar-refractivity contribution is 6.33. The van der Waals surface area contributed by atoms with Crippen molar-refractivity contribution in [1.29, 1.82) is 0 Å². The number of hydrogen-bond donors (Lipinski definition) is 3. The number of allylic oxidation sites excluding steroid dienone is 2. The quantitative estimate of drug-likeness (QED) is 0.106. The van der Waals surface area contributed by atoms with Crippen molar-refractivity contribution in [2.24, 2.45) is 5.41 Å². The minimum atomic E-state index is -4.60. The van der Waals surface area contributed by atoms with Crippen molar-refractivity contribution in [3.05, 3.63) is 165 Å². The van der Waals surface area contributed by atoms with Crippen molar-refractivity contribution in [2.75, 3.05) is 13.1 Å². The first kappa shape index (κ1) is 43.2. The van der Waals surface area contributed by atoms with Gasteiger partial charge in [0.2, 0.25) is 5.78 Å². The Morgan fingerprint density at radius 1 is 0.885 bits per heavy atom. The highest BCUT2D eigenvalue weighted by atomic mass is 35.5. The zero-order chi connectivity index (χ0) is 43.2. The number of rotatable bonds is 8. The molecule has 2 bridgehead atoms. The number of furan rings is 1. The van der Waals surface area contributed by atoms with Gasteiger partial charge in [0.1, 0.15) is 11.4 Å². The number of halogens is 4. The van der Waals surface area contributed by atoms with Gasteiger partial charge in [0.05, 0.1) is 22.3 Å². The summed E-state index contributed by atoms with van der Waals surface area (Å²) in [6.45, 7) is 5.24. The Labute approximate surface area is 360 Å². The highest BCUT2D eigenvalue weighted by Crippen LogP contribution is 2.59. The molecule has 2 fully saturated rings. The summed E-state index contributed by atoms with van der Waals surface area (Å²) < 4.78 is 47.1. The Hall–Kier alpha value is -4.51. The molecule has 6 nitrogen and oxygen atoms in total. The third-order valence-electron chi connectivity index (χ3n) is 14.0. The molecule has 9 rings (SSSR count). The van der Waals surface area contributed by atoms with Crippen molar-refractivity contribution in [3.8, 4) is 11.3 Å². The molecule has 0 amide bonds. The number of aliphatic hydroxyl groups excluding tert-OH is 1. The standard InChI is InChI=1S/C51H53ClF3NO5/c1-33-11-9-26-48(2)42(25-27-49(48,59)32-56-28-10-16-46(56)50(60,35-12-5-3-6-13-35)36-14-7-4-8-15-36)39-21-18-34(29-38(57)20-17-33)30-40(39)47(58)45-24-23-44(61-45)41-31-37(51(53,54)55)19-22-43(41)52/h3-8,11-15,18-19,21-24,30-31,38,42,46,57,59-60H,9-10,16-17,20,25-29,32H2,1-2H3. The summed E-state index contributed by atoms with van der Waals surface area (Å²) in [5.74, 6) is -0.750. The maximum Gasteiger partial charge on any atom is 0.416 e. The lowest BCUT2D eigenvalue weighted by Gasteiger charge is -2.48. The van der Waals surface area contributed by atoms with Crippen molar-refractivity contribution in [3.63, 3.8) is 0 Å². The van der Waals surface area contributed by atoms with Crippen molar-refractivity contribution < 1.29 is 37.7 Å². The number of β-amino-alcohol motifs (C(OH)–C–C–N with tert-alkyl or cyclic N) is 1. The average Bonchev–Trinajstić information content (AvgIpc) is 3.99. The third kappa shape index (κ3) is 8.28. The Morgan fingerprint density at radius 3 is 2.28 bits per heavy atom. The van der Waals surface area contributed by atoms with Gasteiger partial charge in [-0.2, -0.15) is 13.2 Å². The van der Waals surface area contributed by atoms with E-state index in [2.05, 4.69) is 24.8 Å². The van der Waals surface area contributed by atoms with Gasteiger partial charge in [-0.15, -0.1) is 0 Å². The van der Waals surface area contributed by atoms with Gasteiger partial charge in [-0.05, 0) is 136 Å². The summed E-state index contributed by atoms with van der Waals surface area (Å²) >= 11 is 6.37. The number of aliphatic hydroxyl groups is 3. The Kier molecular flexibility index (Phi) is 12.0. The van der Waals surface area contributed by atoms with Gasteiger partial charge in [-0.3, -0.25) is 9.69 Å². The van der Waals surface area contributed by atoms with E-state index in [4.69, 9.17) is 16.0 Å². The van der Waals surface area contributed by atoms with Crippen LogP contribution in [0.4, 0.5) is 13.2 Å². The molecular formula is C51H53ClF3NO5. The van der Waals surface area contributed by atoms with E-state index in [1.54, 1.807) is 0 Å². The van der Waals surface area contributed by atoms with Crippen LogP contribution in [0.25, 0.3) is 11.3 Å². The Bertz CT molecular complexity index is 2360. The largest absolute Gasteiger partial charge is 0.453 e. The monoisotopic (exact) mass is 851 g/mol. The fourth-order valence-electron chi connectivity index (χ4n) is 10.6. The van der Waals surface area contributed by atoms with Crippen LogP contribution in [-0.4, -0.2) is 56.8 Å². The molecule has 3 N–H and O–H groups in total. The average molecular weight is 852 g/mol. The van der Waals surface area contributed by atoms with Crippen LogP contribution in [0.2, 0.25) is 5.02 Å². The SMILES string of the molecule is CC1=CCCC2(C)C(CCC2(O)CN2CCCC2C(O)(c2ccccc2)c2ccccc2)c2ccc(cc2C(=O)c2ccc(-c3cc(C(F)(F)F)ccc3Cl)o2)CC(O)CC1. The first-order valence-corrected chi connectivity index (χ1v) is 21.8. The van der Waals surface area contributed by atoms with E-state index in [9.17, 15) is 33.3 Å². The molecule has 2 heterocycles. The molecule has 1 aromatic heterocycles. The molecule has 3 aliphatic carbocycles. The van der Waals surface area contributed by atoms with Gasteiger partial charge >= 0.3 is 6.18 Å². The first-order valence-electron chi connectivity index (χ1n) is 21.4. The lowest BCUT2D eigenvalue weighted by atomic mass is 9.64. The lowest BCUT2D eigenvalue weighted by Crippen LogP contribution is -2.57. The Balaban J connectivity index is 1.18. The second-order valence-corrected chi connectivity index (χ2v) is 18.2. The van der Waals surface area contributed by atoms with Crippen LogP contribution in [0.15, 0.2) is 125 Å². The molecule has 61 heavy (non-hydrogen) atoms. The number of carbonyl (C=O) groups is 1. The number of carbonyl (C=O) groups excluding carboxylic acids is 1. The predicted octanol–water partition coefficient (Wildman–Crippen LogP) is 11.3. The molecule has 0 spiro atoms. The van der Waals surface area contributed by atoms with E-state index < -0.39 is 40.2 Å². The normalized spacial score (nSPS) is 25.3. The van der Waals surface area contributed by atoms with Crippen LogP contribution in [0.1, 0.15) is 115 Å². The van der Waals surface area contributed by atoms with Crippen LogP contribution in [-0.2, 0) is 18.2 Å². The number of alkyl halides is 3. The van der Waals surface area contributed by atoms with E-state index in [0.717, 1.165) is 47.2 Å². The maximum atomic E-state index is 14.8. The third-order valence-corrected chi connectivity index (χ3v) is 14.4. The molecule has 0 radical (unpaired) electrons. The molecule has 4 aliphatic rings. The molecule has 10 heteroatoms. The van der Waals surface area contributed by atoms with Crippen LogP contribution in [0, 0.1) is 5.41 Å². The molecule has 1 saturated heterocycles. The van der Waals surface area contributed by atoms with Gasteiger partial charge in [-0.1, -0.05) is 103 Å². The fourth-order valence-corrected chi connectivity index (χ4v) is 10.8. The number of ketones is 1. The second kappa shape index (κ2) is 17.0. The van der Waals surface area contributed by atoms with E-state index in [0.29, 0.717) is 63.6 Å². The molecular weight excluding hydrogens is 799 g/mol. The number of hydrogen-bond acceptors (Lipinski definition) is 6. The lowest BCUT2D eigenvalue weighted by molar-refractivity contribution is -0.137. The number of benzene rings is 4. The minimum absolute atomic E-state index is 0.0190. The van der Waals surface area contributed by atoms with Gasteiger partial charge in [0.25, 0.3) is 0 Å². The smallest absolute Gasteiger partial charge is 0.416 e. The summed E-state index contributed by atoms with van der Waals surface area (Å²) in [6, 6.07) is 30.8. The van der Waals surface area contributed by atoms with E-state index in [-0.39, 0.29) is 34.1 Å². The second-order valence-electron chi connectivity index (χ2n) is 17.8. The fraction of sp³-hybridized carbons (Fsp3) is 0.392. The van der Waals surface area contributed by atoms with Gasteiger partial charge in [0, 0.05) is 29.1 Å². The molecule has 5 atom stereocenters. The van der Waals surface area contributed by atoms with E-state index in [1.165, 1.54) is 23.8 Å². The summed E-state index contributed by atoms with van der Waals surface area (Å²) in [5, 5.41) is 37.4. The molecule has 5 aromatic rings. The van der Waals surface area contributed by atoms with Crippen molar-refractivity contribution >= 4 is 17.4 Å². The Morgan fingerprint density at radius 2 is 1.59 bits per heavy atom. The topological polar surface area (TPSA) is 94.1 Å². The molecule has 5 unspecified atom stereocenters. The van der Waals surface area contributed by atoms with Crippen LogP contribution in [0.3, 0.4) is 0 Å². The predicted molar refractivity (Wildman–Crippen MR) is 231 cm³/mol. The zero-order valence-corrected chi connectivity index (χ0v) is 35.4. The summed E-state index contributed by atoms with van der Waals surface area (Å²) in [7, 11) is 0. The van der Waals surface area contributed by atoms with Crippen LogP contribution >= 0.6 is 11.6 Å². The number of fused-ring (bicyclic) bond motifs is 8. The van der Waals surface area contributed by atoms with Gasteiger partial charge in [0.15, 0.2) is 5.76 Å². The summed E-state index contributed by atoms with van der Waals surface area (Å²) in [5.41, 5.74) is 0.477. The summed E-state index contributed by atoms with van der Waals surface area (Å²) in [6.07, 6.45) is 2.47. The first-order chi connectivity index (χ1) is 29.1. The summed E-state index contributed by atoms with van der Waals surface area (Å²) in [4.78, 5) is 17.0. The van der Waals surface area contributed by atoms with E-state index >= 15 is 0 Å². The molecule has 4 aromatic carbocycles. The minimum Gasteiger partial charge on any atom is -0.453 e. The maximum absolute atomic E-state index is 14.8. The zero-order valence-electron chi connectivity index (χ0n) is 34.6. The van der Waals surface area contributed by atoms with Crippen LogP contribution < -0.4 is 0 Å². The van der Waals surface area contributed by atoms with Crippen LogP contribution in [0.5, 0.6) is 0 Å². The van der Waals surface area contributed by atoms with Crippen molar-refractivity contribution in [2.45, 2.75) is 107 Å².